The van der Waals surface area contributed by atoms with Gasteiger partial charge in [0.05, 0.1) is 5.56 Å². The SMILES string of the molecule is CCCCCC1CCC(CC/C=C/c2cc(F)c(C#CC(F)(F)F)c(F)c2)CC1. The third-order valence-electron chi connectivity index (χ3n) is 5.63. The van der Waals surface area contributed by atoms with Gasteiger partial charge >= 0.3 is 6.18 Å². The Morgan fingerprint density at radius 2 is 1.55 bits per heavy atom. The predicted octanol–water partition coefficient (Wildman–Crippen LogP) is 8.06. The van der Waals surface area contributed by atoms with Crippen LogP contribution in [0.3, 0.4) is 0 Å². The second-order valence-electron chi connectivity index (χ2n) is 7.97. The lowest BCUT2D eigenvalue weighted by Crippen LogP contribution is -2.14. The Bertz CT molecular complexity index is 705. The molecule has 0 unspecified atom stereocenters. The van der Waals surface area contributed by atoms with Crippen LogP contribution in [0, 0.1) is 35.3 Å². The van der Waals surface area contributed by atoms with Gasteiger partial charge in [-0.2, -0.15) is 13.2 Å². The van der Waals surface area contributed by atoms with Gasteiger partial charge in [-0.25, -0.2) is 8.78 Å². The van der Waals surface area contributed by atoms with Gasteiger partial charge in [-0.1, -0.05) is 76.4 Å². The molecule has 0 amide bonds. The van der Waals surface area contributed by atoms with Gasteiger partial charge in [-0.15, -0.1) is 0 Å². The van der Waals surface area contributed by atoms with Crippen molar-refractivity contribution < 1.29 is 22.0 Å². The van der Waals surface area contributed by atoms with E-state index in [-0.39, 0.29) is 5.56 Å². The molecule has 0 nitrogen and oxygen atoms in total. The molecule has 0 radical (unpaired) electrons. The summed E-state index contributed by atoms with van der Waals surface area (Å²) in [5.41, 5.74) is -0.563. The third-order valence-corrected chi connectivity index (χ3v) is 5.63. The molecule has 0 aliphatic heterocycles. The van der Waals surface area contributed by atoms with Crippen molar-refractivity contribution in [1.29, 1.82) is 0 Å². The summed E-state index contributed by atoms with van der Waals surface area (Å²) in [6.45, 7) is 2.23. The number of alkyl halides is 3. The first kappa shape index (κ1) is 23.4. The molecule has 0 bridgehead atoms. The van der Waals surface area contributed by atoms with Crippen LogP contribution >= 0.6 is 0 Å². The topological polar surface area (TPSA) is 0 Å². The molecule has 160 valence electrons. The average Bonchev–Trinajstić information content (AvgIpc) is 2.65. The van der Waals surface area contributed by atoms with Crippen LogP contribution < -0.4 is 0 Å². The van der Waals surface area contributed by atoms with Crippen LogP contribution in [0.15, 0.2) is 18.2 Å². The highest BCUT2D eigenvalue weighted by Crippen LogP contribution is 2.34. The van der Waals surface area contributed by atoms with Crippen LogP contribution in [0.2, 0.25) is 0 Å². The number of rotatable bonds is 8. The summed E-state index contributed by atoms with van der Waals surface area (Å²) < 4.78 is 64.1. The van der Waals surface area contributed by atoms with Crippen molar-refractivity contribution in [3.8, 4) is 11.8 Å². The Morgan fingerprint density at radius 1 is 0.966 bits per heavy atom. The first-order chi connectivity index (χ1) is 13.8. The fraction of sp³-hybridized carbons (Fsp3) is 0.583. The average molecular weight is 412 g/mol. The zero-order valence-corrected chi connectivity index (χ0v) is 16.9. The Hall–Kier alpha value is -1.83. The van der Waals surface area contributed by atoms with E-state index in [1.165, 1.54) is 57.3 Å². The number of unbranched alkanes of at least 4 members (excludes halogenated alkanes) is 2. The zero-order valence-electron chi connectivity index (χ0n) is 16.9. The van der Waals surface area contributed by atoms with Crippen molar-refractivity contribution in [1.82, 2.24) is 0 Å². The summed E-state index contributed by atoms with van der Waals surface area (Å²) in [7, 11) is 0. The largest absolute Gasteiger partial charge is 0.458 e. The third kappa shape index (κ3) is 8.60. The van der Waals surface area contributed by atoms with E-state index in [9.17, 15) is 22.0 Å². The van der Waals surface area contributed by atoms with Crippen molar-refractivity contribution in [3.05, 3.63) is 41.0 Å². The molecule has 1 aromatic carbocycles. The van der Waals surface area contributed by atoms with Crippen LogP contribution in [0.5, 0.6) is 0 Å². The summed E-state index contributed by atoms with van der Waals surface area (Å²) in [6, 6.07) is 2.03. The molecule has 0 N–H and O–H groups in total. The van der Waals surface area contributed by atoms with Crippen molar-refractivity contribution in [2.75, 3.05) is 0 Å². The standard InChI is InChI=1S/C24H29F5/c1-2-3-4-7-18-10-12-19(13-11-18)8-5-6-9-20-16-22(25)21(23(26)17-20)14-15-24(27,28)29/h6,9,16-19H,2-5,7-8,10-13H2,1H3/b9-6+. The molecular formula is C24H29F5. The summed E-state index contributed by atoms with van der Waals surface area (Å²) in [6.07, 6.45) is 11.0. The second kappa shape index (κ2) is 11.4. The lowest BCUT2D eigenvalue weighted by atomic mass is 9.78. The maximum Gasteiger partial charge on any atom is 0.458 e. The predicted molar refractivity (Wildman–Crippen MR) is 107 cm³/mol. The van der Waals surface area contributed by atoms with E-state index in [4.69, 9.17) is 0 Å². The summed E-state index contributed by atoms with van der Waals surface area (Å²) >= 11 is 0. The van der Waals surface area contributed by atoms with Gasteiger partial charge < -0.3 is 0 Å². The minimum Gasteiger partial charge on any atom is -0.205 e. The van der Waals surface area contributed by atoms with Crippen LogP contribution in [-0.2, 0) is 0 Å². The smallest absolute Gasteiger partial charge is 0.205 e. The highest BCUT2D eigenvalue weighted by atomic mass is 19.4. The lowest BCUT2D eigenvalue weighted by Gasteiger charge is -2.28. The van der Waals surface area contributed by atoms with Crippen molar-refractivity contribution in [2.24, 2.45) is 11.8 Å². The number of halogens is 5. The first-order valence-corrected chi connectivity index (χ1v) is 10.5. The van der Waals surface area contributed by atoms with E-state index >= 15 is 0 Å². The molecule has 1 aliphatic rings. The second-order valence-corrected chi connectivity index (χ2v) is 7.97. The molecule has 0 saturated heterocycles. The molecule has 1 fully saturated rings. The first-order valence-electron chi connectivity index (χ1n) is 10.5. The van der Waals surface area contributed by atoms with Gasteiger partial charge in [-0.05, 0) is 42.4 Å². The van der Waals surface area contributed by atoms with Crippen LogP contribution in [0.1, 0.15) is 82.3 Å². The maximum atomic E-state index is 13.9. The minimum atomic E-state index is -4.79. The minimum absolute atomic E-state index is 0.289. The zero-order chi connectivity index (χ0) is 21.3. The highest BCUT2D eigenvalue weighted by Gasteiger charge is 2.23. The molecule has 0 heterocycles. The molecule has 0 spiro atoms. The fourth-order valence-corrected chi connectivity index (χ4v) is 3.98. The lowest BCUT2D eigenvalue weighted by molar-refractivity contribution is -0.0696. The van der Waals surface area contributed by atoms with E-state index in [1.54, 1.807) is 6.08 Å². The Labute approximate surface area is 170 Å². The molecule has 2 rings (SSSR count). The molecule has 1 aromatic rings. The fourth-order valence-electron chi connectivity index (χ4n) is 3.98. The van der Waals surface area contributed by atoms with Crippen molar-refractivity contribution in [2.45, 2.75) is 77.3 Å². The number of hydrogen-bond acceptors (Lipinski definition) is 0. The van der Waals surface area contributed by atoms with Gasteiger partial charge in [0.15, 0.2) is 0 Å². The Morgan fingerprint density at radius 3 is 2.10 bits per heavy atom. The van der Waals surface area contributed by atoms with E-state index < -0.39 is 23.4 Å². The number of benzene rings is 1. The van der Waals surface area contributed by atoms with Crippen LogP contribution in [0.4, 0.5) is 22.0 Å². The van der Waals surface area contributed by atoms with Gasteiger partial charge in [0, 0.05) is 5.92 Å². The highest BCUT2D eigenvalue weighted by molar-refractivity contribution is 5.52. The monoisotopic (exact) mass is 412 g/mol. The van der Waals surface area contributed by atoms with Gasteiger partial charge in [0.1, 0.15) is 11.6 Å². The van der Waals surface area contributed by atoms with E-state index in [0.717, 1.165) is 36.8 Å². The molecule has 29 heavy (non-hydrogen) atoms. The van der Waals surface area contributed by atoms with E-state index in [1.807, 2.05) is 6.08 Å². The van der Waals surface area contributed by atoms with E-state index in [2.05, 4.69) is 6.92 Å². The molecule has 1 saturated carbocycles. The molecule has 5 heteroatoms. The summed E-state index contributed by atoms with van der Waals surface area (Å²) in [4.78, 5) is 0. The van der Waals surface area contributed by atoms with Crippen LogP contribution in [0.25, 0.3) is 6.08 Å². The Kier molecular flexibility index (Phi) is 9.20. The summed E-state index contributed by atoms with van der Waals surface area (Å²) in [5, 5.41) is 0. The van der Waals surface area contributed by atoms with Gasteiger partial charge in [0.25, 0.3) is 0 Å². The van der Waals surface area contributed by atoms with Crippen LogP contribution in [-0.4, -0.2) is 6.18 Å². The maximum absolute atomic E-state index is 13.9. The van der Waals surface area contributed by atoms with Crippen molar-refractivity contribution >= 4 is 6.08 Å². The Balaban J connectivity index is 1.80. The van der Waals surface area contributed by atoms with Gasteiger partial charge in [-0.3, -0.25) is 0 Å². The van der Waals surface area contributed by atoms with E-state index in [0.29, 0.717) is 5.92 Å². The van der Waals surface area contributed by atoms with Crippen molar-refractivity contribution in [3.63, 3.8) is 0 Å². The molecule has 0 atom stereocenters. The molecule has 0 aromatic heterocycles. The number of allylic oxidation sites excluding steroid dienone is 1. The molecular weight excluding hydrogens is 383 g/mol. The quantitative estimate of drug-likeness (QED) is 0.230. The normalized spacial score (nSPS) is 19.9. The van der Waals surface area contributed by atoms with Gasteiger partial charge in [0.2, 0.25) is 0 Å². The molecule has 1 aliphatic carbocycles. The number of hydrogen-bond donors (Lipinski definition) is 0. The summed E-state index contributed by atoms with van der Waals surface area (Å²) in [5.74, 6) is 1.84.